The molecule has 0 bridgehead atoms. The number of benzene rings is 1. The van der Waals surface area contributed by atoms with Gasteiger partial charge in [-0.15, -0.1) is 0 Å². The largest absolute Gasteiger partial charge is 0.496 e. The van der Waals surface area contributed by atoms with Crippen molar-refractivity contribution in [2.75, 3.05) is 7.11 Å². The molecule has 0 aromatic heterocycles. The predicted octanol–water partition coefficient (Wildman–Crippen LogP) is 4.48. The Morgan fingerprint density at radius 3 is 2.88 bits per heavy atom. The zero-order valence-electron chi connectivity index (χ0n) is 11.4. The second kappa shape index (κ2) is 5.57. The van der Waals surface area contributed by atoms with E-state index in [4.69, 9.17) is 4.74 Å². The van der Waals surface area contributed by atoms with Crippen LogP contribution in [-0.4, -0.2) is 7.11 Å². The summed E-state index contributed by atoms with van der Waals surface area (Å²) in [6.07, 6.45) is 7.69. The molecule has 0 fully saturated rings. The summed E-state index contributed by atoms with van der Waals surface area (Å²) in [5.74, 6) is 1.77. The van der Waals surface area contributed by atoms with Crippen LogP contribution in [0, 0.1) is 0 Å². The monoisotopic (exact) mass is 232 g/mol. The molecule has 0 heterocycles. The average Bonchev–Trinajstić information content (AvgIpc) is 2.36. The summed E-state index contributed by atoms with van der Waals surface area (Å²) in [7, 11) is 1.79. The van der Waals surface area contributed by atoms with Gasteiger partial charge in [0.05, 0.1) is 7.11 Å². The number of aryl methyl sites for hydroxylation is 1. The highest BCUT2D eigenvalue weighted by Crippen LogP contribution is 2.39. The lowest BCUT2D eigenvalue weighted by atomic mass is 9.80. The van der Waals surface area contributed by atoms with Crippen LogP contribution in [0.5, 0.6) is 5.75 Å². The lowest BCUT2D eigenvalue weighted by Gasteiger charge is -2.27. The van der Waals surface area contributed by atoms with E-state index in [1.165, 1.54) is 44.1 Å². The molecule has 0 radical (unpaired) electrons. The van der Waals surface area contributed by atoms with Crippen molar-refractivity contribution in [3.63, 3.8) is 0 Å². The van der Waals surface area contributed by atoms with Crippen LogP contribution in [0.2, 0.25) is 0 Å². The maximum absolute atomic E-state index is 5.54. The van der Waals surface area contributed by atoms with Gasteiger partial charge in [-0.1, -0.05) is 26.3 Å². The van der Waals surface area contributed by atoms with Crippen molar-refractivity contribution in [2.45, 2.75) is 58.3 Å². The smallest absolute Gasteiger partial charge is 0.122 e. The fraction of sp³-hybridized carbons (Fsp3) is 0.625. The van der Waals surface area contributed by atoms with Crippen LogP contribution in [0.4, 0.5) is 0 Å². The molecule has 1 nitrogen and oxygen atoms in total. The van der Waals surface area contributed by atoms with Crippen molar-refractivity contribution in [3.05, 3.63) is 28.8 Å². The van der Waals surface area contributed by atoms with Crippen LogP contribution in [-0.2, 0) is 12.8 Å². The Kier molecular flexibility index (Phi) is 4.09. The Hall–Kier alpha value is -0.980. The van der Waals surface area contributed by atoms with Gasteiger partial charge in [0.2, 0.25) is 0 Å². The molecule has 0 spiro atoms. The van der Waals surface area contributed by atoms with Crippen molar-refractivity contribution in [1.82, 2.24) is 0 Å². The minimum absolute atomic E-state index is 0.662. The van der Waals surface area contributed by atoms with Crippen molar-refractivity contribution < 1.29 is 4.74 Å². The molecule has 2 rings (SSSR count). The van der Waals surface area contributed by atoms with Gasteiger partial charge in [0.1, 0.15) is 5.75 Å². The molecule has 1 aliphatic rings. The Bertz CT molecular complexity index is 381. The third-order valence-electron chi connectivity index (χ3n) is 3.99. The molecular formula is C16H24O. The zero-order valence-corrected chi connectivity index (χ0v) is 11.4. The molecule has 1 unspecified atom stereocenters. The molecule has 0 N–H and O–H groups in total. The summed E-state index contributed by atoms with van der Waals surface area (Å²) in [5.41, 5.74) is 4.65. The van der Waals surface area contributed by atoms with Gasteiger partial charge in [0.15, 0.2) is 0 Å². The van der Waals surface area contributed by atoms with E-state index in [1.54, 1.807) is 18.2 Å². The zero-order chi connectivity index (χ0) is 12.3. The van der Waals surface area contributed by atoms with Crippen LogP contribution < -0.4 is 4.74 Å². The van der Waals surface area contributed by atoms with E-state index in [9.17, 15) is 0 Å². The number of methoxy groups -OCH3 is 1. The fourth-order valence-electron chi connectivity index (χ4n) is 3.03. The van der Waals surface area contributed by atoms with Crippen LogP contribution >= 0.6 is 0 Å². The van der Waals surface area contributed by atoms with Gasteiger partial charge in [-0.05, 0) is 55.2 Å². The summed E-state index contributed by atoms with van der Waals surface area (Å²) < 4.78 is 5.54. The van der Waals surface area contributed by atoms with Crippen molar-refractivity contribution >= 4 is 0 Å². The molecule has 1 atom stereocenters. The summed E-state index contributed by atoms with van der Waals surface area (Å²) >= 11 is 0. The van der Waals surface area contributed by atoms with E-state index in [-0.39, 0.29) is 0 Å². The first-order chi connectivity index (χ1) is 8.27. The Morgan fingerprint density at radius 2 is 2.18 bits per heavy atom. The van der Waals surface area contributed by atoms with Gasteiger partial charge in [0, 0.05) is 5.56 Å². The standard InChI is InChI=1S/C16H24O/c1-4-5-8-13-10-11-15(17-3)16-12(2)7-6-9-14(13)16/h10-12H,4-9H2,1-3H3. The number of fused-ring (bicyclic) bond motifs is 1. The van der Waals surface area contributed by atoms with E-state index in [0.717, 1.165) is 5.75 Å². The summed E-state index contributed by atoms with van der Waals surface area (Å²) in [6, 6.07) is 4.46. The van der Waals surface area contributed by atoms with Crippen molar-refractivity contribution in [1.29, 1.82) is 0 Å². The van der Waals surface area contributed by atoms with E-state index >= 15 is 0 Å². The second-order valence-electron chi connectivity index (χ2n) is 5.22. The van der Waals surface area contributed by atoms with Gasteiger partial charge < -0.3 is 4.74 Å². The van der Waals surface area contributed by atoms with Crippen molar-refractivity contribution in [3.8, 4) is 5.75 Å². The number of unbranched alkanes of at least 4 members (excludes halogenated alkanes) is 1. The first kappa shape index (κ1) is 12.5. The highest BCUT2D eigenvalue weighted by atomic mass is 16.5. The van der Waals surface area contributed by atoms with E-state index < -0.39 is 0 Å². The predicted molar refractivity (Wildman–Crippen MR) is 73.0 cm³/mol. The molecule has 0 aliphatic heterocycles. The molecule has 94 valence electrons. The molecule has 1 aromatic rings. The van der Waals surface area contributed by atoms with Crippen molar-refractivity contribution in [2.24, 2.45) is 0 Å². The average molecular weight is 232 g/mol. The van der Waals surface area contributed by atoms with Gasteiger partial charge in [-0.3, -0.25) is 0 Å². The first-order valence-electron chi connectivity index (χ1n) is 6.96. The first-order valence-corrected chi connectivity index (χ1v) is 6.96. The maximum atomic E-state index is 5.54. The Morgan fingerprint density at radius 1 is 1.35 bits per heavy atom. The SMILES string of the molecule is CCCCc1ccc(OC)c2c1CCCC2C. The molecule has 0 saturated heterocycles. The van der Waals surface area contributed by atoms with E-state index in [0.29, 0.717) is 5.92 Å². The fourth-order valence-corrected chi connectivity index (χ4v) is 3.03. The van der Waals surface area contributed by atoms with E-state index in [2.05, 4.69) is 26.0 Å². The third-order valence-corrected chi connectivity index (χ3v) is 3.99. The topological polar surface area (TPSA) is 9.23 Å². The van der Waals surface area contributed by atoms with Crippen LogP contribution in [0.3, 0.4) is 0 Å². The van der Waals surface area contributed by atoms with Crippen LogP contribution in [0.1, 0.15) is 62.1 Å². The molecule has 1 aromatic carbocycles. The van der Waals surface area contributed by atoms with Gasteiger partial charge in [0.25, 0.3) is 0 Å². The van der Waals surface area contributed by atoms with Crippen LogP contribution in [0.25, 0.3) is 0 Å². The quantitative estimate of drug-likeness (QED) is 0.744. The van der Waals surface area contributed by atoms with Gasteiger partial charge in [-0.2, -0.15) is 0 Å². The third kappa shape index (κ3) is 2.48. The van der Waals surface area contributed by atoms with Crippen LogP contribution in [0.15, 0.2) is 12.1 Å². The molecule has 1 aliphatic carbocycles. The molecule has 0 saturated carbocycles. The Balaban J connectivity index is 2.39. The highest BCUT2D eigenvalue weighted by molar-refractivity contribution is 5.48. The molecule has 17 heavy (non-hydrogen) atoms. The van der Waals surface area contributed by atoms with Gasteiger partial charge in [-0.25, -0.2) is 0 Å². The number of hydrogen-bond acceptors (Lipinski definition) is 1. The molecule has 1 heteroatoms. The lowest BCUT2D eigenvalue weighted by Crippen LogP contribution is -2.11. The minimum atomic E-state index is 0.662. The molecular weight excluding hydrogens is 208 g/mol. The number of rotatable bonds is 4. The minimum Gasteiger partial charge on any atom is -0.496 e. The highest BCUT2D eigenvalue weighted by Gasteiger charge is 2.22. The normalized spacial score (nSPS) is 18.9. The summed E-state index contributed by atoms with van der Waals surface area (Å²) in [5, 5.41) is 0. The number of hydrogen-bond donors (Lipinski definition) is 0. The summed E-state index contributed by atoms with van der Waals surface area (Å²) in [6.45, 7) is 4.60. The van der Waals surface area contributed by atoms with Gasteiger partial charge >= 0.3 is 0 Å². The second-order valence-corrected chi connectivity index (χ2v) is 5.22. The maximum Gasteiger partial charge on any atom is 0.122 e. The summed E-state index contributed by atoms with van der Waals surface area (Å²) in [4.78, 5) is 0. The Labute approximate surface area is 105 Å². The number of ether oxygens (including phenoxy) is 1. The molecule has 0 amide bonds. The lowest BCUT2D eigenvalue weighted by molar-refractivity contribution is 0.400. The van der Waals surface area contributed by atoms with E-state index in [1.807, 2.05) is 0 Å².